The molecule has 224 valence electrons. The van der Waals surface area contributed by atoms with Gasteiger partial charge in [0.15, 0.2) is 5.82 Å². The predicted octanol–water partition coefficient (Wildman–Crippen LogP) is 11.6. The fourth-order valence-electron chi connectivity index (χ4n) is 7.16. The lowest BCUT2D eigenvalue weighted by Gasteiger charge is -2.14. The normalized spacial score (nSPS) is 11.8. The molecule has 7 aromatic carbocycles. The minimum Gasteiger partial charge on any atom is -0.456 e. The van der Waals surface area contributed by atoms with Crippen molar-refractivity contribution in [2.45, 2.75) is 0 Å². The molecule has 0 aliphatic heterocycles. The van der Waals surface area contributed by atoms with Crippen LogP contribution in [0.4, 0.5) is 0 Å². The van der Waals surface area contributed by atoms with Crippen molar-refractivity contribution < 1.29 is 4.42 Å². The summed E-state index contributed by atoms with van der Waals surface area (Å²) < 4.78 is 8.99. The van der Waals surface area contributed by atoms with Crippen LogP contribution in [0.1, 0.15) is 0 Å². The zero-order valence-corrected chi connectivity index (χ0v) is 25.8. The summed E-state index contributed by atoms with van der Waals surface area (Å²) in [7, 11) is 0. The molecule has 0 N–H and O–H groups in total. The Bertz CT molecular complexity index is 2770. The Kier molecular flexibility index (Phi) is 5.84. The number of aromatic nitrogens is 3. The SMILES string of the molecule is c1ccc(-c2cc(-c3cc(-n4c5ccccc5c5cc6ccccc6cc54)cc4oc5ccccc5c34)nc(-c3ccccc3)n2)cc1. The van der Waals surface area contributed by atoms with E-state index < -0.39 is 0 Å². The molecule has 0 atom stereocenters. The molecule has 0 spiro atoms. The molecule has 10 aromatic rings. The number of benzene rings is 7. The van der Waals surface area contributed by atoms with E-state index in [2.05, 4.69) is 120 Å². The van der Waals surface area contributed by atoms with Crippen LogP contribution in [0.25, 0.3) is 94.1 Å². The van der Waals surface area contributed by atoms with Gasteiger partial charge >= 0.3 is 0 Å². The van der Waals surface area contributed by atoms with Gasteiger partial charge in [-0.1, -0.05) is 121 Å². The second-order valence-electron chi connectivity index (χ2n) is 12.2. The molecule has 0 fully saturated rings. The Hall–Kier alpha value is -6.52. The molecule has 48 heavy (non-hydrogen) atoms. The van der Waals surface area contributed by atoms with E-state index in [0.717, 1.165) is 66.7 Å². The van der Waals surface area contributed by atoms with Gasteiger partial charge in [-0.3, -0.25) is 0 Å². The largest absolute Gasteiger partial charge is 0.456 e. The van der Waals surface area contributed by atoms with Crippen LogP contribution in [-0.2, 0) is 0 Å². The Balaban J connectivity index is 1.32. The third-order valence-electron chi connectivity index (χ3n) is 9.37. The fraction of sp³-hybridized carbons (Fsp3) is 0. The number of furan rings is 1. The van der Waals surface area contributed by atoms with Crippen LogP contribution < -0.4 is 0 Å². The second-order valence-corrected chi connectivity index (χ2v) is 12.2. The number of fused-ring (bicyclic) bond motifs is 7. The van der Waals surface area contributed by atoms with E-state index in [1.54, 1.807) is 0 Å². The molecule has 3 aromatic heterocycles. The average molecular weight is 614 g/mol. The van der Waals surface area contributed by atoms with Gasteiger partial charge in [-0.25, -0.2) is 9.97 Å². The molecule has 0 radical (unpaired) electrons. The van der Waals surface area contributed by atoms with Crippen LogP contribution in [0.5, 0.6) is 0 Å². The van der Waals surface area contributed by atoms with Gasteiger partial charge in [0.05, 0.1) is 28.1 Å². The summed E-state index contributed by atoms with van der Waals surface area (Å²) in [5.41, 5.74) is 9.68. The second kappa shape index (κ2) is 10.5. The van der Waals surface area contributed by atoms with E-state index in [9.17, 15) is 0 Å². The van der Waals surface area contributed by atoms with E-state index in [4.69, 9.17) is 14.4 Å². The van der Waals surface area contributed by atoms with E-state index >= 15 is 0 Å². The summed E-state index contributed by atoms with van der Waals surface area (Å²) in [6.45, 7) is 0. The van der Waals surface area contributed by atoms with Crippen LogP contribution in [0.15, 0.2) is 168 Å². The van der Waals surface area contributed by atoms with Gasteiger partial charge in [0, 0.05) is 44.3 Å². The lowest BCUT2D eigenvalue weighted by atomic mass is 10.0. The molecule has 4 nitrogen and oxygen atoms in total. The van der Waals surface area contributed by atoms with Crippen molar-refractivity contribution in [2.24, 2.45) is 0 Å². The number of hydrogen-bond acceptors (Lipinski definition) is 3. The molecule has 0 aliphatic carbocycles. The molecule has 0 aliphatic rings. The van der Waals surface area contributed by atoms with Crippen LogP contribution in [0.2, 0.25) is 0 Å². The number of para-hydroxylation sites is 2. The lowest BCUT2D eigenvalue weighted by molar-refractivity contribution is 0.668. The maximum atomic E-state index is 6.62. The molecule has 3 heterocycles. The highest BCUT2D eigenvalue weighted by Crippen LogP contribution is 2.42. The highest BCUT2D eigenvalue weighted by molar-refractivity contribution is 6.16. The maximum Gasteiger partial charge on any atom is 0.160 e. The quantitative estimate of drug-likeness (QED) is 0.198. The minimum absolute atomic E-state index is 0.682. The monoisotopic (exact) mass is 613 g/mol. The molecule has 10 rings (SSSR count). The van der Waals surface area contributed by atoms with Gasteiger partial charge in [-0.15, -0.1) is 0 Å². The van der Waals surface area contributed by atoms with Gasteiger partial charge in [-0.2, -0.15) is 0 Å². The number of nitrogens with zero attached hydrogens (tertiary/aromatic N) is 3. The van der Waals surface area contributed by atoms with E-state index in [1.165, 1.54) is 21.5 Å². The lowest BCUT2D eigenvalue weighted by Crippen LogP contribution is -1.98. The van der Waals surface area contributed by atoms with E-state index in [0.29, 0.717) is 5.82 Å². The Labute approximate surface area is 276 Å². The third-order valence-corrected chi connectivity index (χ3v) is 9.37. The number of rotatable bonds is 4. The molecule has 0 bridgehead atoms. The fourth-order valence-corrected chi connectivity index (χ4v) is 7.16. The molecule has 0 saturated carbocycles. The Morgan fingerprint density at radius 3 is 1.90 bits per heavy atom. The summed E-state index contributed by atoms with van der Waals surface area (Å²) in [5, 5.41) is 6.96. The Morgan fingerprint density at radius 1 is 0.438 bits per heavy atom. The first-order chi connectivity index (χ1) is 23.8. The summed E-state index contributed by atoms with van der Waals surface area (Å²) in [6.07, 6.45) is 0. The highest BCUT2D eigenvalue weighted by atomic mass is 16.3. The molecule has 0 amide bonds. The zero-order chi connectivity index (χ0) is 31.6. The molecule has 0 unspecified atom stereocenters. The molecule has 4 heteroatoms. The van der Waals surface area contributed by atoms with Gasteiger partial charge < -0.3 is 8.98 Å². The van der Waals surface area contributed by atoms with Crippen molar-refractivity contribution in [2.75, 3.05) is 0 Å². The highest BCUT2D eigenvalue weighted by Gasteiger charge is 2.21. The summed E-state index contributed by atoms with van der Waals surface area (Å²) in [5.74, 6) is 0.682. The van der Waals surface area contributed by atoms with Crippen LogP contribution in [0, 0.1) is 0 Å². The Morgan fingerprint density at radius 2 is 1.08 bits per heavy atom. The standard InChI is InChI=1S/C44H27N3O/c1-3-13-28(14-4-1)37-27-38(46-44(45-37)29-15-5-2-6-16-29)36-25-32(26-42-43(36)34-20-10-12-22-41(34)48-42)47-39-21-11-9-19-33(39)35-23-30-17-7-8-18-31(30)24-40(35)47/h1-27H. The summed E-state index contributed by atoms with van der Waals surface area (Å²) in [4.78, 5) is 10.3. The molecule has 0 saturated heterocycles. The first-order valence-electron chi connectivity index (χ1n) is 16.2. The predicted molar refractivity (Wildman–Crippen MR) is 197 cm³/mol. The zero-order valence-electron chi connectivity index (χ0n) is 25.8. The van der Waals surface area contributed by atoms with Crippen molar-refractivity contribution in [1.29, 1.82) is 0 Å². The molecular formula is C44H27N3O. The van der Waals surface area contributed by atoms with Crippen LogP contribution >= 0.6 is 0 Å². The van der Waals surface area contributed by atoms with E-state index in [-0.39, 0.29) is 0 Å². The minimum atomic E-state index is 0.682. The van der Waals surface area contributed by atoms with Crippen molar-refractivity contribution in [3.8, 4) is 39.6 Å². The van der Waals surface area contributed by atoms with Crippen molar-refractivity contribution in [1.82, 2.24) is 14.5 Å². The van der Waals surface area contributed by atoms with Gasteiger partial charge in [0.1, 0.15) is 11.2 Å². The van der Waals surface area contributed by atoms with Crippen LogP contribution in [0.3, 0.4) is 0 Å². The van der Waals surface area contributed by atoms with Gasteiger partial charge in [0.25, 0.3) is 0 Å². The average Bonchev–Trinajstić information content (AvgIpc) is 3.69. The smallest absolute Gasteiger partial charge is 0.160 e. The first-order valence-corrected chi connectivity index (χ1v) is 16.2. The van der Waals surface area contributed by atoms with Crippen molar-refractivity contribution >= 4 is 54.5 Å². The van der Waals surface area contributed by atoms with Crippen LogP contribution in [-0.4, -0.2) is 14.5 Å². The molecular weight excluding hydrogens is 587 g/mol. The van der Waals surface area contributed by atoms with E-state index in [1.807, 2.05) is 48.5 Å². The summed E-state index contributed by atoms with van der Waals surface area (Å²) in [6, 6.07) is 57.2. The topological polar surface area (TPSA) is 43.9 Å². The maximum absolute atomic E-state index is 6.62. The van der Waals surface area contributed by atoms with Gasteiger partial charge in [0.2, 0.25) is 0 Å². The number of hydrogen-bond donors (Lipinski definition) is 0. The van der Waals surface area contributed by atoms with Gasteiger partial charge in [-0.05, 0) is 47.2 Å². The van der Waals surface area contributed by atoms with Crippen molar-refractivity contribution in [3.05, 3.63) is 164 Å². The third kappa shape index (κ3) is 4.16. The summed E-state index contributed by atoms with van der Waals surface area (Å²) >= 11 is 0. The first kappa shape index (κ1) is 26.7. The van der Waals surface area contributed by atoms with Crippen molar-refractivity contribution in [3.63, 3.8) is 0 Å².